The Balaban J connectivity index is 0.00000218. The summed E-state index contributed by atoms with van der Waals surface area (Å²) in [5.41, 5.74) is 6.95. The third kappa shape index (κ3) is 4.27. The molecule has 3 aromatic carbocycles. The van der Waals surface area contributed by atoms with E-state index in [0.29, 0.717) is 6.04 Å². The first-order valence-corrected chi connectivity index (χ1v) is 9.80. The van der Waals surface area contributed by atoms with Crippen LogP contribution in [0.5, 0.6) is 0 Å². The van der Waals surface area contributed by atoms with E-state index in [4.69, 9.17) is 0 Å². The van der Waals surface area contributed by atoms with Crippen LogP contribution in [-0.4, -0.2) is 21.2 Å². The predicted molar refractivity (Wildman–Crippen MR) is 119 cm³/mol. The Bertz CT molecular complexity index is 1130. The maximum Gasteiger partial charge on any atom is 0.155 e. The first-order chi connectivity index (χ1) is 14.2. The van der Waals surface area contributed by atoms with Gasteiger partial charge in [0.2, 0.25) is 0 Å². The highest BCUT2D eigenvalue weighted by atomic mass is 35.5. The Morgan fingerprint density at radius 1 is 0.900 bits per heavy atom. The van der Waals surface area contributed by atoms with E-state index < -0.39 is 0 Å². The molecule has 1 aromatic heterocycles. The summed E-state index contributed by atoms with van der Waals surface area (Å²) < 4.78 is 13.4. The van der Waals surface area contributed by atoms with Crippen molar-refractivity contribution in [2.45, 2.75) is 25.4 Å². The Labute approximate surface area is 181 Å². The van der Waals surface area contributed by atoms with Crippen molar-refractivity contribution in [2.75, 3.05) is 0 Å². The van der Waals surface area contributed by atoms with Crippen molar-refractivity contribution < 1.29 is 4.39 Å². The fourth-order valence-corrected chi connectivity index (χ4v) is 4.00. The number of H-pyrrole nitrogens is 1. The number of aromatic nitrogens is 3. The van der Waals surface area contributed by atoms with E-state index >= 15 is 0 Å². The summed E-state index contributed by atoms with van der Waals surface area (Å²) >= 11 is 0. The summed E-state index contributed by atoms with van der Waals surface area (Å²) in [7, 11) is 0. The van der Waals surface area contributed by atoms with E-state index in [0.717, 1.165) is 41.9 Å². The van der Waals surface area contributed by atoms with Gasteiger partial charge in [-0.2, -0.15) is 5.10 Å². The fraction of sp³-hybridized carbons (Fsp3) is 0.167. The molecule has 4 aromatic rings. The highest BCUT2D eigenvalue weighted by Gasteiger charge is 2.21. The molecule has 0 bridgehead atoms. The number of hydrogen-bond donors (Lipinski definition) is 2. The Kier molecular flexibility index (Phi) is 5.93. The van der Waals surface area contributed by atoms with Gasteiger partial charge in [0.15, 0.2) is 5.82 Å². The van der Waals surface area contributed by atoms with Gasteiger partial charge in [0.1, 0.15) is 12.1 Å². The summed E-state index contributed by atoms with van der Waals surface area (Å²) in [6.07, 6.45) is 3.37. The van der Waals surface area contributed by atoms with Crippen LogP contribution >= 0.6 is 12.4 Å². The number of rotatable bonds is 5. The molecule has 1 heterocycles. The summed E-state index contributed by atoms with van der Waals surface area (Å²) in [5.74, 6) is 0.623. The average Bonchev–Trinajstić information content (AvgIpc) is 3.42. The van der Waals surface area contributed by atoms with Crippen LogP contribution in [0.2, 0.25) is 0 Å². The Morgan fingerprint density at radius 2 is 1.70 bits per heavy atom. The van der Waals surface area contributed by atoms with Crippen molar-refractivity contribution in [1.82, 2.24) is 20.5 Å². The second kappa shape index (κ2) is 8.78. The Morgan fingerprint density at radius 3 is 2.50 bits per heavy atom. The van der Waals surface area contributed by atoms with E-state index in [1.165, 1.54) is 23.0 Å². The van der Waals surface area contributed by atoms with Gasteiger partial charge in [0.25, 0.3) is 0 Å². The molecule has 0 spiro atoms. The van der Waals surface area contributed by atoms with Crippen LogP contribution in [0.15, 0.2) is 73.1 Å². The number of fused-ring (bicyclic) bond motifs is 1. The van der Waals surface area contributed by atoms with E-state index in [-0.39, 0.29) is 18.2 Å². The van der Waals surface area contributed by atoms with Gasteiger partial charge in [0.05, 0.1) is 0 Å². The van der Waals surface area contributed by atoms with Gasteiger partial charge in [-0.1, -0.05) is 48.5 Å². The molecular formula is C24H22ClFN4. The zero-order chi connectivity index (χ0) is 19.6. The zero-order valence-corrected chi connectivity index (χ0v) is 17.1. The number of hydrogen-bond acceptors (Lipinski definition) is 3. The molecule has 6 heteroatoms. The van der Waals surface area contributed by atoms with Gasteiger partial charge in [-0.05, 0) is 58.9 Å². The van der Waals surface area contributed by atoms with Crippen molar-refractivity contribution in [3.05, 3.63) is 95.6 Å². The van der Waals surface area contributed by atoms with Crippen LogP contribution < -0.4 is 5.32 Å². The molecule has 4 nitrogen and oxygen atoms in total. The van der Waals surface area contributed by atoms with Gasteiger partial charge in [0, 0.05) is 18.2 Å². The highest BCUT2D eigenvalue weighted by molar-refractivity contribution is 5.85. The lowest BCUT2D eigenvalue weighted by Gasteiger charge is -2.12. The molecule has 0 aliphatic heterocycles. The van der Waals surface area contributed by atoms with Gasteiger partial charge in [-0.3, -0.25) is 5.10 Å². The summed E-state index contributed by atoms with van der Waals surface area (Å²) in [6.45, 7) is 0.805. The number of nitrogens with zero attached hydrogens (tertiary/aromatic N) is 2. The van der Waals surface area contributed by atoms with Crippen LogP contribution in [0.4, 0.5) is 4.39 Å². The first-order valence-electron chi connectivity index (χ1n) is 9.80. The standard InChI is InChI=1S/C24H21FN4.ClH/c25-22-9-8-19-12-23(13-21(19)11-22)26-14-16-4-6-17(7-5-16)18-2-1-3-20(10-18)24-27-15-28-29-24;/h1-11,15,23,26H,12-14H2,(H,27,28,29);1H/t23-;/m1./s1. The number of nitrogens with one attached hydrogen (secondary N) is 2. The second-order valence-electron chi connectivity index (χ2n) is 7.51. The molecule has 5 rings (SSSR count). The maximum absolute atomic E-state index is 13.4. The van der Waals surface area contributed by atoms with Crippen molar-refractivity contribution >= 4 is 12.4 Å². The third-order valence-corrected chi connectivity index (χ3v) is 5.53. The molecule has 152 valence electrons. The molecular weight excluding hydrogens is 399 g/mol. The van der Waals surface area contributed by atoms with Crippen LogP contribution in [0.25, 0.3) is 22.5 Å². The molecule has 0 saturated carbocycles. The molecule has 1 aliphatic carbocycles. The SMILES string of the molecule is Cl.Fc1ccc2c(c1)C[C@H](NCc1ccc(-c3cccc(-c4ncn[nH]4)c3)cc1)C2. The van der Waals surface area contributed by atoms with Crippen LogP contribution in [0.1, 0.15) is 16.7 Å². The molecule has 0 fully saturated rings. The van der Waals surface area contributed by atoms with Crippen LogP contribution in [0, 0.1) is 5.82 Å². The molecule has 30 heavy (non-hydrogen) atoms. The van der Waals surface area contributed by atoms with Crippen molar-refractivity contribution in [1.29, 1.82) is 0 Å². The number of benzene rings is 3. The second-order valence-corrected chi connectivity index (χ2v) is 7.51. The molecule has 0 radical (unpaired) electrons. The molecule has 1 atom stereocenters. The number of aromatic amines is 1. The molecule has 0 unspecified atom stereocenters. The van der Waals surface area contributed by atoms with E-state index in [9.17, 15) is 4.39 Å². The lowest BCUT2D eigenvalue weighted by atomic mass is 10.0. The van der Waals surface area contributed by atoms with Gasteiger partial charge in [-0.15, -0.1) is 12.4 Å². The van der Waals surface area contributed by atoms with Crippen LogP contribution in [0.3, 0.4) is 0 Å². The number of halogens is 2. The normalized spacial score (nSPS) is 14.9. The molecule has 2 N–H and O–H groups in total. The fourth-order valence-electron chi connectivity index (χ4n) is 4.00. The minimum absolute atomic E-state index is 0. The van der Waals surface area contributed by atoms with Crippen molar-refractivity contribution in [3.63, 3.8) is 0 Å². The molecule has 0 amide bonds. The topological polar surface area (TPSA) is 53.6 Å². The molecule has 0 saturated heterocycles. The van der Waals surface area contributed by atoms with Crippen molar-refractivity contribution in [2.24, 2.45) is 0 Å². The monoisotopic (exact) mass is 420 g/mol. The van der Waals surface area contributed by atoms with Crippen LogP contribution in [-0.2, 0) is 19.4 Å². The Hall–Kier alpha value is -3.02. The predicted octanol–water partition coefficient (Wildman–Crippen LogP) is 4.96. The van der Waals surface area contributed by atoms with Gasteiger partial charge < -0.3 is 5.32 Å². The molecule has 1 aliphatic rings. The third-order valence-electron chi connectivity index (χ3n) is 5.53. The quantitative estimate of drug-likeness (QED) is 0.480. The highest BCUT2D eigenvalue weighted by Crippen LogP contribution is 2.26. The zero-order valence-electron chi connectivity index (χ0n) is 16.3. The lowest BCUT2D eigenvalue weighted by molar-refractivity contribution is 0.532. The maximum atomic E-state index is 13.4. The van der Waals surface area contributed by atoms with Gasteiger partial charge in [-0.25, -0.2) is 9.37 Å². The summed E-state index contributed by atoms with van der Waals surface area (Å²) in [5, 5.41) is 10.4. The smallest absolute Gasteiger partial charge is 0.155 e. The minimum Gasteiger partial charge on any atom is -0.309 e. The van der Waals surface area contributed by atoms with Crippen molar-refractivity contribution in [3.8, 4) is 22.5 Å². The van der Waals surface area contributed by atoms with E-state index in [1.807, 2.05) is 18.2 Å². The largest absolute Gasteiger partial charge is 0.309 e. The minimum atomic E-state index is -0.146. The lowest BCUT2D eigenvalue weighted by Crippen LogP contribution is -2.28. The summed E-state index contributed by atoms with van der Waals surface area (Å²) in [6, 6.07) is 22.4. The van der Waals surface area contributed by atoms with Gasteiger partial charge >= 0.3 is 0 Å². The van der Waals surface area contributed by atoms with E-state index in [1.54, 1.807) is 12.1 Å². The average molecular weight is 421 g/mol. The van der Waals surface area contributed by atoms with E-state index in [2.05, 4.69) is 56.9 Å². The summed E-state index contributed by atoms with van der Waals surface area (Å²) in [4.78, 5) is 4.22. The first kappa shape index (κ1) is 20.3.